The van der Waals surface area contributed by atoms with Gasteiger partial charge < -0.3 is 16.2 Å². The normalized spacial score (nSPS) is 25.2. The first kappa shape index (κ1) is 32.5. The second-order valence-electron chi connectivity index (χ2n) is 13.8. The Bertz CT molecular complexity index is 1670. The van der Waals surface area contributed by atoms with Gasteiger partial charge in [0.15, 0.2) is 0 Å². The summed E-state index contributed by atoms with van der Waals surface area (Å²) in [6, 6.07) is 27.4. The number of anilines is 1. The highest BCUT2D eigenvalue weighted by atomic mass is 35.5. The summed E-state index contributed by atoms with van der Waals surface area (Å²) in [5.74, 6) is -0.276. The number of ether oxygens (including phenoxy) is 1. The largest absolute Gasteiger partial charge is 0.458 e. The Balaban J connectivity index is 1.69. The smallest absolute Gasteiger partial charge is 0.293 e. The average Bonchev–Trinajstić information content (AvgIpc) is 3.22. The lowest BCUT2D eigenvalue weighted by Crippen LogP contribution is -2.65. The Hall–Kier alpha value is -3.42. The number of pyridine rings is 1. The third-order valence-corrected chi connectivity index (χ3v) is 11.2. The molecule has 46 heavy (non-hydrogen) atoms. The van der Waals surface area contributed by atoms with Crippen LogP contribution >= 0.6 is 23.2 Å². The molecule has 0 radical (unpaired) electrons. The second-order valence-corrected chi connectivity index (χ2v) is 14.7. The molecule has 6 nitrogen and oxygen atoms in total. The van der Waals surface area contributed by atoms with E-state index in [9.17, 15) is 4.79 Å². The van der Waals surface area contributed by atoms with Crippen LogP contribution < -0.4 is 11.5 Å². The lowest BCUT2D eigenvalue weighted by atomic mass is 9.57. The predicted octanol–water partition coefficient (Wildman–Crippen LogP) is 8.61. The zero-order valence-electron chi connectivity index (χ0n) is 26.6. The molecule has 0 bridgehead atoms. The van der Waals surface area contributed by atoms with Crippen LogP contribution in [0.5, 0.6) is 0 Å². The summed E-state index contributed by atoms with van der Waals surface area (Å²) in [6.45, 7) is 7.45. The fraction of sp³-hybridized carbons (Fsp3) is 0.368. The molecule has 2 fully saturated rings. The van der Waals surface area contributed by atoms with Crippen molar-refractivity contribution in [3.05, 3.63) is 130 Å². The minimum atomic E-state index is -1.00. The molecule has 6 rings (SSSR count). The van der Waals surface area contributed by atoms with Gasteiger partial charge in [-0.3, -0.25) is 14.7 Å². The zero-order valence-corrected chi connectivity index (χ0v) is 28.1. The van der Waals surface area contributed by atoms with Gasteiger partial charge in [-0.25, -0.2) is 0 Å². The van der Waals surface area contributed by atoms with E-state index in [4.69, 9.17) is 39.4 Å². The van der Waals surface area contributed by atoms with Gasteiger partial charge >= 0.3 is 0 Å². The third-order valence-electron chi connectivity index (χ3n) is 10.7. The maximum Gasteiger partial charge on any atom is 0.293 e. The highest BCUT2D eigenvalue weighted by Gasteiger charge is 2.69. The topological polar surface area (TPSA) is 94.5 Å². The first-order valence-electron chi connectivity index (χ1n) is 15.9. The van der Waals surface area contributed by atoms with Crippen molar-refractivity contribution >= 4 is 35.4 Å². The molecule has 0 unspecified atom stereocenters. The van der Waals surface area contributed by atoms with E-state index in [2.05, 4.69) is 42.8 Å². The van der Waals surface area contributed by atoms with Crippen LogP contribution in [0.3, 0.4) is 0 Å². The van der Waals surface area contributed by atoms with Gasteiger partial charge in [0.05, 0.1) is 16.6 Å². The van der Waals surface area contributed by atoms with Gasteiger partial charge in [-0.05, 0) is 78.5 Å². The molecular weight excluding hydrogens is 615 g/mol. The van der Waals surface area contributed by atoms with Crippen LogP contribution in [-0.2, 0) is 15.1 Å². The fourth-order valence-electron chi connectivity index (χ4n) is 8.60. The van der Waals surface area contributed by atoms with E-state index in [1.54, 1.807) is 12.3 Å². The molecule has 8 heteroatoms. The number of nitrogens with two attached hydrogens (primary N) is 2. The van der Waals surface area contributed by atoms with Gasteiger partial charge in [0.1, 0.15) is 6.10 Å². The van der Waals surface area contributed by atoms with E-state index in [1.165, 1.54) is 0 Å². The molecule has 2 heterocycles. The molecular formula is C38H42Cl2N4O2. The minimum Gasteiger partial charge on any atom is -0.458 e. The van der Waals surface area contributed by atoms with E-state index < -0.39 is 17.2 Å². The number of aromatic nitrogens is 1. The first-order valence-corrected chi connectivity index (χ1v) is 16.7. The van der Waals surface area contributed by atoms with E-state index in [0.717, 1.165) is 47.9 Å². The van der Waals surface area contributed by atoms with Gasteiger partial charge in [-0.1, -0.05) is 104 Å². The van der Waals surface area contributed by atoms with Gasteiger partial charge in [0, 0.05) is 40.6 Å². The lowest BCUT2D eigenvalue weighted by Gasteiger charge is -2.57. The molecule has 1 saturated heterocycles. The van der Waals surface area contributed by atoms with Crippen molar-refractivity contribution in [3.63, 3.8) is 0 Å². The monoisotopic (exact) mass is 656 g/mol. The van der Waals surface area contributed by atoms with E-state index in [1.807, 2.05) is 72.9 Å². The molecule has 0 amide bonds. The lowest BCUT2D eigenvalue weighted by molar-refractivity contribution is -0.142. The maximum atomic E-state index is 12.3. The Morgan fingerprint density at radius 2 is 1.52 bits per heavy atom. The first-order chi connectivity index (χ1) is 22.0. The number of benzene rings is 3. The summed E-state index contributed by atoms with van der Waals surface area (Å²) in [7, 11) is 0. The number of carbonyl (C=O) groups excluding carboxylic acids is 1. The van der Waals surface area contributed by atoms with E-state index in [0.29, 0.717) is 22.2 Å². The Morgan fingerprint density at radius 1 is 0.891 bits per heavy atom. The Morgan fingerprint density at radius 3 is 2.11 bits per heavy atom. The predicted molar refractivity (Wildman–Crippen MR) is 186 cm³/mol. The molecule has 1 saturated carbocycles. The molecule has 1 aromatic heterocycles. The number of halogens is 2. The molecule has 1 spiro atoms. The van der Waals surface area contributed by atoms with Crippen LogP contribution in [0.1, 0.15) is 86.8 Å². The van der Waals surface area contributed by atoms with Gasteiger partial charge in [0.2, 0.25) is 0 Å². The third kappa shape index (κ3) is 5.49. The van der Waals surface area contributed by atoms with Gasteiger partial charge in [0.25, 0.3) is 6.47 Å². The summed E-state index contributed by atoms with van der Waals surface area (Å²) in [6.07, 6.45) is 6.42. The molecule has 240 valence electrons. The molecule has 5 atom stereocenters. The van der Waals surface area contributed by atoms with Crippen molar-refractivity contribution in [2.45, 2.75) is 81.6 Å². The molecule has 1 aliphatic heterocycles. The van der Waals surface area contributed by atoms with E-state index >= 15 is 0 Å². The number of likely N-dealkylation sites (tertiary alicyclic amines) is 1. The Kier molecular flexibility index (Phi) is 8.94. The highest BCUT2D eigenvalue weighted by molar-refractivity contribution is 6.31. The number of nitrogens with zero attached hydrogens (tertiary/aromatic N) is 2. The molecule has 3 aromatic carbocycles. The van der Waals surface area contributed by atoms with Crippen LogP contribution in [0, 0.1) is 5.41 Å². The highest BCUT2D eigenvalue weighted by Crippen LogP contribution is 2.65. The van der Waals surface area contributed by atoms with Crippen molar-refractivity contribution < 1.29 is 9.53 Å². The molecule has 1 aliphatic carbocycles. The van der Waals surface area contributed by atoms with Crippen LogP contribution in [0.4, 0.5) is 5.69 Å². The number of hydrogen-bond acceptors (Lipinski definition) is 6. The number of nitrogen functional groups attached to an aromatic ring is 1. The SMILES string of the molecule is C[C@H]1[C@H](c2cncc(Cl)c2)[C@](N)(c2ccc(Cl)cc2N)C2(CCC(C)(C)CC2)N1[C@H](c1ccccc1)[C@@H](OC=O)c1ccccc1. The van der Waals surface area contributed by atoms with Crippen molar-refractivity contribution in [1.29, 1.82) is 0 Å². The van der Waals surface area contributed by atoms with Crippen LogP contribution in [0.25, 0.3) is 0 Å². The van der Waals surface area contributed by atoms with Crippen LogP contribution in [0.15, 0.2) is 97.3 Å². The van der Waals surface area contributed by atoms with Crippen molar-refractivity contribution in [2.24, 2.45) is 11.1 Å². The molecule has 4 N–H and O–H groups in total. The second kappa shape index (κ2) is 12.6. The van der Waals surface area contributed by atoms with Crippen LogP contribution in [0.2, 0.25) is 10.0 Å². The van der Waals surface area contributed by atoms with E-state index in [-0.39, 0.29) is 23.4 Å². The number of rotatable bonds is 8. The van der Waals surface area contributed by atoms with Crippen molar-refractivity contribution in [1.82, 2.24) is 9.88 Å². The summed E-state index contributed by atoms with van der Waals surface area (Å²) in [5, 5.41) is 1.10. The Labute approximate surface area is 282 Å². The van der Waals surface area contributed by atoms with Crippen molar-refractivity contribution in [3.8, 4) is 0 Å². The maximum absolute atomic E-state index is 12.3. The minimum absolute atomic E-state index is 0.128. The van der Waals surface area contributed by atoms with Gasteiger partial charge in [-0.2, -0.15) is 0 Å². The standard InChI is InChI=1S/C38H42Cl2N4O2/c1-25-33(28-20-30(40)23-43-22-28)38(42,31-15-14-29(39)21-32(31)41)37(18-16-36(2,3)17-19-37)44(25)34(26-10-6-4-7-11-26)35(46-24-45)27-12-8-5-9-13-27/h4-15,20-25,33-35H,16-19,41-42H2,1-3H3/t25-,33+,34+,35-,38+/m0/s1. The van der Waals surface area contributed by atoms with Crippen LogP contribution in [-0.4, -0.2) is 27.9 Å². The summed E-state index contributed by atoms with van der Waals surface area (Å²) >= 11 is 13.1. The molecule has 4 aromatic rings. The number of carbonyl (C=O) groups is 1. The summed E-state index contributed by atoms with van der Waals surface area (Å²) < 4.78 is 6.12. The zero-order chi connectivity index (χ0) is 32.7. The summed E-state index contributed by atoms with van der Waals surface area (Å²) in [5.41, 5.74) is 17.8. The van der Waals surface area contributed by atoms with Crippen molar-refractivity contribution in [2.75, 3.05) is 5.73 Å². The summed E-state index contributed by atoms with van der Waals surface area (Å²) in [4.78, 5) is 19.4. The number of hydrogen-bond donors (Lipinski definition) is 2. The fourth-order valence-corrected chi connectivity index (χ4v) is 8.97. The average molecular weight is 658 g/mol. The molecule has 2 aliphatic rings. The quantitative estimate of drug-likeness (QED) is 0.146. The van der Waals surface area contributed by atoms with Gasteiger partial charge in [-0.15, -0.1) is 0 Å².